The number of ketones is 1. The Balaban J connectivity index is 1.37. The number of nitrogens with zero attached hydrogens (tertiary/aromatic N) is 3. The number of anilines is 1. The van der Waals surface area contributed by atoms with E-state index in [1.165, 1.54) is 18.0 Å². The molecule has 0 aliphatic carbocycles. The van der Waals surface area contributed by atoms with Gasteiger partial charge in [-0.25, -0.2) is 4.98 Å². The quantitative estimate of drug-likeness (QED) is 0.321. The summed E-state index contributed by atoms with van der Waals surface area (Å²) >= 11 is 13.9. The second kappa shape index (κ2) is 10.2. The molecule has 0 saturated carbocycles. The van der Waals surface area contributed by atoms with Crippen LogP contribution in [0.15, 0.2) is 58.0 Å². The fourth-order valence-electron chi connectivity index (χ4n) is 3.80. The third-order valence-corrected chi connectivity index (χ3v) is 7.19. The SMILES string of the molecule is Cc1cnc(C(=O)CSc2ccc(C(=O)N3CCN(c4cccc(Cl)c4)C(C)C3)cc2Cl)o1. The van der Waals surface area contributed by atoms with Gasteiger partial charge < -0.3 is 14.2 Å². The van der Waals surface area contributed by atoms with Gasteiger partial charge in [-0.05, 0) is 50.2 Å². The lowest BCUT2D eigenvalue weighted by molar-refractivity contribution is 0.0726. The first-order chi connectivity index (χ1) is 15.8. The molecule has 0 N–H and O–H groups in total. The van der Waals surface area contributed by atoms with Crippen molar-refractivity contribution < 1.29 is 14.0 Å². The lowest BCUT2D eigenvalue weighted by Gasteiger charge is -2.41. The minimum atomic E-state index is -0.212. The maximum atomic E-state index is 13.1. The summed E-state index contributed by atoms with van der Waals surface area (Å²) < 4.78 is 5.26. The van der Waals surface area contributed by atoms with Crippen LogP contribution >= 0.6 is 35.0 Å². The van der Waals surface area contributed by atoms with Crippen molar-refractivity contribution in [1.29, 1.82) is 0 Å². The standard InChI is InChI=1S/C24H23Cl2N3O3S/c1-15-13-28(8-9-29(15)19-5-3-4-18(25)11-19)24(31)17-6-7-22(20(26)10-17)33-14-21(30)23-27-12-16(2)32-23/h3-7,10-12,15H,8-9,13-14H2,1-2H3. The predicted octanol–water partition coefficient (Wildman–Crippen LogP) is 5.62. The molecule has 1 aromatic heterocycles. The molecule has 2 aromatic carbocycles. The van der Waals surface area contributed by atoms with Crippen molar-refractivity contribution in [3.8, 4) is 0 Å². The van der Waals surface area contributed by atoms with Gasteiger partial charge in [-0.1, -0.05) is 29.3 Å². The maximum Gasteiger partial charge on any atom is 0.264 e. The highest BCUT2D eigenvalue weighted by atomic mass is 35.5. The van der Waals surface area contributed by atoms with Gasteiger partial charge in [0.15, 0.2) is 0 Å². The molecule has 4 rings (SSSR count). The number of rotatable bonds is 6. The number of piperazine rings is 1. The Bertz CT molecular complexity index is 1180. The third kappa shape index (κ3) is 5.54. The zero-order valence-electron chi connectivity index (χ0n) is 18.3. The number of thioether (sulfide) groups is 1. The number of halogens is 2. The van der Waals surface area contributed by atoms with Gasteiger partial charge in [0.05, 0.1) is 17.0 Å². The molecule has 1 amide bonds. The molecule has 1 fully saturated rings. The van der Waals surface area contributed by atoms with Crippen molar-refractivity contribution in [2.75, 3.05) is 30.3 Å². The Morgan fingerprint density at radius 1 is 1.18 bits per heavy atom. The largest absolute Gasteiger partial charge is 0.439 e. The summed E-state index contributed by atoms with van der Waals surface area (Å²) in [4.78, 5) is 34.1. The number of aromatic nitrogens is 1. The monoisotopic (exact) mass is 503 g/mol. The normalized spacial score (nSPS) is 16.2. The first-order valence-electron chi connectivity index (χ1n) is 10.5. The lowest BCUT2D eigenvalue weighted by Crippen LogP contribution is -2.53. The molecule has 1 unspecified atom stereocenters. The van der Waals surface area contributed by atoms with Gasteiger partial charge in [0.1, 0.15) is 5.76 Å². The zero-order chi connectivity index (χ0) is 23.5. The van der Waals surface area contributed by atoms with Crippen molar-refractivity contribution >= 4 is 52.3 Å². The molecule has 2 heterocycles. The number of Topliss-reactive ketones (excluding diaryl/α,β-unsaturated/α-hetero) is 1. The van der Waals surface area contributed by atoms with E-state index in [0.717, 1.165) is 17.1 Å². The highest BCUT2D eigenvalue weighted by Crippen LogP contribution is 2.30. The summed E-state index contributed by atoms with van der Waals surface area (Å²) in [5.41, 5.74) is 1.59. The highest BCUT2D eigenvalue weighted by molar-refractivity contribution is 8.00. The number of hydrogen-bond donors (Lipinski definition) is 0. The summed E-state index contributed by atoms with van der Waals surface area (Å²) in [6.07, 6.45) is 1.51. The van der Waals surface area contributed by atoms with Gasteiger partial charge in [0.25, 0.3) is 11.8 Å². The van der Waals surface area contributed by atoms with E-state index in [4.69, 9.17) is 27.6 Å². The molecule has 1 aliphatic heterocycles. The molecule has 3 aromatic rings. The predicted molar refractivity (Wildman–Crippen MR) is 132 cm³/mol. The van der Waals surface area contributed by atoms with Crippen LogP contribution in [0, 0.1) is 6.92 Å². The Morgan fingerprint density at radius 3 is 2.67 bits per heavy atom. The average Bonchev–Trinajstić information content (AvgIpc) is 3.24. The van der Waals surface area contributed by atoms with E-state index in [1.807, 2.05) is 29.2 Å². The second-order valence-electron chi connectivity index (χ2n) is 7.91. The number of carbonyl (C=O) groups is 2. The third-order valence-electron chi connectivity index (χ3n) is 5.45. The Hall–Kier alpha value is -2.48. The molecular formula is C24H23Cl2N3O3S. The number of aryl methyl sites for hydroxylation is 1. The number of benzene rings is 2. The Kier molecular flexibility index (Phi) is 7.32. The smallest absolute Gasteiger partial charge is 0.264 e. The van der Waals surface area contributed by atoms with Crippen molar-refractivity contribution in [2.45, 2.75) is 24.8 Å². The fraction of sp³-hybridized carbons (Fsp3) is 0.292. The van der Waals surface area contributed by atoms with Crippen LogP contribution in [0.25, 0.3) is 0 Å². The van der Waals surface area contributed by atoms with Crippen LogP contribution in [0.2, 0.25) is 10.0 Å². The zero-order valence-corrected chi connectivity index (χ0v) is 20.6. The van der Waals surface area contributed by atoms with E-state index >= 15 is 0 Å². The van der Waals surface area contributed by atoms with Crippen LogP contribution in [0.4, 0.5) is 5.69 Å². The van der Waals surface area contributed by atoms with Gasteiger partial charge in [0, 0.05) is 46.8 Å². The van der Waals surface area contributed by atoms with Crippen molar-refractivity contribution in [1.82, 2.24) is 9.88 Å². The summed E-state index contributed by atoms with van der Waals surface area (Å²) in [5.74, 6) is 0.560. The topological polar surface area (TPSA) is 66.7 Å². The molecule has 0 spiro atoms. The average molecular weight is 504 g/mol. The van der Waals surface area contributed by atoms with E-state index in [9.17, 15) is 9.59 Å². The van der Waals surface area contributed by atoms with Crippen LogP contribution in [-0.4, -0.2) is 53.0 Å². The van der Waals surface area contributed by atoms with Crippen molar-refractivity contribution in [3.63, 3.8) is 0 Å². The summed E-state index contributed by atoms with van der Waals surface area (Å²) in [6.45, 7) is 5.76. The minimum Gasteiger partial charge on any atom is -0.439 e. The van der Waals surface area contributed by atoms with Gasteiger partial charge >= 0.3 is 0 Å². The number of carbonyl (C=O) groups excluding carboxylic acids is 2. The number of hydrogen-bond acceptors (Lipinski definition) is 6. The lowest BCUT2D eigenvalue weighted by atomic mass is 10.1. The van der Waals surface area contributed by atoms with E-state index in [-0.39, 0.29) is 29.4 Å². The Labute approximate surface area is 206 Å². The van der Waals surface area contributed by atoms with Crippen molar-refractivity contribution in [2.24, 2.45) is 0 Å². The summed E-state index contributed by atoms with van der Waals surface area (Å²) in [5, 5.41) is 1.14. The van der Waals surface area contributed by atoms with Gasteiger partial charge in [0.2, 0.25) is 5.78 Å². The van der Waals surface area contributed by atoms with Crippen LogP contribution in [0.1, 0.15) is 33.7 Å². The number of amides is 1. The van der Waals surface area contributed by atoms with Crippen LogP contribution in [-0.2, 0) is 0 Å². The molecule has 9 heteroatoms. The molecule has 6 nitrogen and oxygen atoms in total. The molecule has 1 saturated heterocycles. The molecule has 33 heavy (non-hydrogen) atoms. The van der Waals surface area contributed by atoms with E-state index in [1.54, 1.807) is 25.1 Å². The maximum absolute atomic E-state index is 13.1. The first-order valence-corrected chi connectivity index (χ1v) is 12.3. The number of oxazole rings is 1. The second-order valence-corrected chi connectivity index (χ2v) is 9.77. The molecule has 0 radical (unpaired) electrons. The molecule has 172 valence electrons. The van der Waals surface area contributed by atoms with E-state index < -0.39 is 0 Å². The van der Waals surface area contributed by atoms with Crippen LogP contribution in [0.3, 0.4) is 0 Å². The van der Waals surface area contributed by atoms with E-state index in [2.05, 4.69) is 16.8 Å². The first kappa shape index (κ1) is 23.7. The van der Waals surface area contributed by atoms with Gasteiger partial charge in [-0.3, -0.25) is 9.59 Å². The fourth-order valence-corrected chi connectivity index (χ4v) is 5.10. The van der Waals surface area contributed by atoms with Crippen molar-refractivity contribution in [3.05, 3.63) is 75.9 Å². The molecule has 0 bridgehead atoms. The molecule has 1 atom stereocenters. The minimum absolute atomic E-state index is 0.0580. The highest BCUT2D eigenvalue weighted by Gasteiger charge is 2.28. The molecule has 1 aliphatic rings. The van der Waals surface area contributed by atoms with E-state index in [0.29, 0.717) is 34.5 Å². The van der Waals surface area contributed by atoms with Gasteiger partial charge in [-0.2, -0.15) is 0 Å². The molecular weight excluding hydrogens is 481 g/mol. The van der Waals surface area contributed by atoms with Gasteiger partial charge in [-0.15, -0.1) is 11.8 Å². The Morgan fingerprint density at radius 2 is 2.00 bits per heavy atom. The summed E-state index contributed by atoms with van der Waals surface area (Å²) in [6, 6.07) is 13.1. The summed E-state index contributed by atoms with van der Waals surface area (Å²) in [7, 11) is 0. The van der Waals surface area contributed by atoms with Crippen LogP contribution in [0.5, 0.6) is 0 Å². The van der Waals surface area contributed by atoms with Crippen LogP contribution < -0.4 is 4.90 Å².